The van der Waals surface area contributed by atoms with Crippen LogP contribution in [-0.2, 0) is 16.1 Å². The number of halogens is 3. The van der Waals surface area contributed by atoms with Gasteiger partial charge in [0.1, 0.15) is 0 Å². The summed E-state index contributed by atoms with van der Waals surface area (Å²) >= 11 is 1.73. The van der Waals surface area contributed by atoms with Crippen LogP contribution in [0.2, 0.25) is 0 Å². The van der Waals surface area contributed by atoms with Gasteiger partial charge in [-0.05, 0) is 26.7 Å². The fourth-order valence-electron chi connectivity index (χ4n) is 3.56. The molecule has 160 valence electrons. The number of aromatic nitrogens is 3. The largest absolute Gasteiger partial charge is 0.490 e. The molecule has 12 heteroatoms. The summed E-state index contributed by atoms with van der Waals surface area (Å²) in [5.41, 5.74) is 3.06. The number of fused-ring (bicyclic) bond motifs is 1. The topological polar surface area (TPSA) is 102 Å². The van der Waals surface area contributed by atoms with E-state index in [1.807, 2.05) is 12.4 Å². The number of carbonyl (C=O) groups is 1. The second kappa shape index (κ2) is 8.76. The zero-order valence-corrected chi connectivity index (χ0v) is 16.7. The van der Waals surface area contributed by atoms with E-state index < -0.39 is 12.1 Å². The highest BCUT2D eigenvalue weighted by atomic mass is 32.1. The van der Waals surface area contributed by atoms with Crippen molar-refractivity contribution in [2.24, 2.45) is 0 Å². The quantitative estimate of drug-likeness (QED) is 0.787. The molecule has 2 aliphatic heterocycles. The minimum absolute atomic E-state index is 0.258. The molecule has 0 spiro atoms. The van der Waals surface area contributed by atoms with Crippen LogP contribution in [0.3, 0.4) is 0 Å². The summed E-state index contributed by atoms with van der Waals surface area (Å²) in [6.07, 6.45) is -2.72. The molecule has 0 unspecified atom stereocenters. The van der Waals surface area contributed by atoms with Crippen LogP contribution < -0.4 is 0 Å². The van der Waals surface area contributed by atoms with Gasteiger partial charge in [-0.2, -0.15) is 18.2 Å². The first kappa shape index (κ1) is 21.7. The number of ether oxygens (including phenoxy) is 1. The van der Waals surface area contributed by atoms with Crippen LogP contribution in [0.25, 0.3) is 0 Å². The second-order valence-electron chi connectivity index (χ2n) is 6.97. The van der Waals surface area contributed by atoms with E-state index in [2.05, 4.69) is 26.9 Å². The minimum atomic E-state index is -5.08. The van der Waals surface area contributed by atoms with Gasteiger partial charge in [-0.3, -0.25) is 4.90 Å². The van der Waals surface area contributed by atoms with Crippen LogP contribution in [0.15, 0.2) is 10.0 Å². The second-order valence-corrected chi connectivity index (χ2v) is 7.91. The van der Waals surface area contributed by atoms with Gasteiger partial charge >= 0.3 is 12.1 Å². The van der Waals surface area contributed by atoms with Crippen molar-refractivity contribution in [3.8, 4) is 0 Å². The molecule has 0 saturated carbocycles. The van der Waals surface area contributed by atoms with Crippen molar-refractivity contribution in [2.75, 3.05) is 13.2 Å². The summed E-state index contributed by atoms with van der Waals surface area (Å²) in [6, 6.07) is 0.502. The standard InChI is InChI=1S/C15H20N4O2S.C2HF3O2/c1-9-14(22-8-16-9)7-19-6-11(15-17-10(2)18-21-15)5-13-12(19)3-4-20-13;3-2(4,5)1(6)7/h8,11-13H,3-7H2,1-2H3;(H,6,7)/t11-,12-,13-;/m1./s1. The van der Waals surface area contributed by atoms with Gasteiger partial charge in [0.25, 0.3) is 0 Å². The number of rotatable bonds is 3. The fraction of sp³-hybridized carbons (Fsp3) is 0.647. The number of hydrogen-bond donors (Lipinski definition) is 1. The number of aryl methyl sites for hydroxylation is 2. The maximum absolute atomic E-state index is 10.6. The van der Waals surface area contributed by atoms with Crippen LogP contribution in [-0.4, -0.2) is 62.6 Å². The minimum Gasteiger partial charge on any atom is -0.475 e. The average Bonchev–Trinajstić information content (AvgIpc) is 3.36. The zero-order chi connectivity index (χ0) is 21.2. The number of carboxylic acid groups (broad SMARTS) is 1. The van der Waals surface area contributed by atoms with Gasteiger partial charge in [0.05, 0.1) is 23.2 Å². The zero-order valence-electron chi connectivity index (χ0n) is 15.8. The Balaban J connectivity index is 0.000000298. The first-order valence-corrected chi connectivity index (χ1v) is 9.88. The Bertz CT molecular complexity index is 841. The maximum atomic E-state index is 10.6. The van der Waals surface area contributed by atoms with Crippen molar-refractivity contribution >= 4 is 17.3 Å². The van der Waals surface area contributed by atoms with Crippen LogP contribution in [0.5, 0.6) is 0 Å². The molecule has 4 heterocycles. The summed E-state index contributed by atoms with van der Waals surface area (Å²) in [5, 5.41) is 11.1. The molecule has 3 atom stereocenters. The Labute approximate surface area is 168 Å². The van der Waals surface area contributed by atoms with Crippen molar-refractivity contribution < 1.29 is 32.3 Å². The smallest absolute Gasteiger partial charge is 0.475 e. The summed E-state index contributed by atoms with van der Waals surface area (Å²) in [5.74, 6) is -1.05. The Hall–Kier alpha value is -2.05. The summed E-state index contributed by atoms with van der Waals surface area (Å²) in [4.78, 5) is 21.6. The van der Waals surface area contributed by atoms with Crippen molar-refractivity contribution in [1.82, 2.24) is 20.0 Å². The molecule has 2 aromatic rings. The van der Waals surface area contributed by atoms with Gasteiger partial charge in [-0.25, -0.2) is 9.78 Å². The molecular weight excluding hydrogens is 413 g/mol. The average molecular weight is 434 g/mol. The predicted octanol–water partition coefficient (Wildman–Crippen LogP) is 2.92. The summed E-state index contributed by atoms with van der Waals surface area (Å²) in [6.45, 7) is 6.68. The van der Waals surface area contributed by atoms with Gasteiger partial charge in [-0.1, -0.05) is 5.16 Å². The van der Waals surface area contributed by atoms with Crippen molar-refractivity contribution in [2.45, 2.75) is 57.5 Å². The maximum Gasteiger partial charge on any atom is 0.490 e. The molecule has 2 aromatic heterocycles. The molecular formula is C17H21F3N4O4S. The molecule has 2 aliphatic rings. The van der Waals surface area contributed by atoms with E-state index in [1.165, 1.54) is 4.88 Å². The summed E-state index contributed by atoms with van der Waals surface area (Å²) in [7, 11) is 0. The lowest BCUT2D eigenvalue weighted by atomic mass is 9.90. The molecule has 29 heavy (non-hydrogen) atoms. The lowest BCUT2D eigenvalue weighted by Crippen LogP contribution is -2.48. The van der Waals surface area contributed by atoms with E-state index in [-0.39, 0.29) is 12.0 Å². The van der Waals surface area contributed by atoms with Crippen LogP contribution in [0.1, 0.15) is 41.0 Å². The number of carboxylic acids is 1. The third-order valence-corrected chi connectivity index (χ3v) is 5.86. The molecule has 8 nitrogen and oxygen atoms in total. The third-order valence-electron chi connectivity index (χ3n) is 4.94. The van der Waals surface area contributed by atoms with Gasteiger partial charge < -0.3 is 14.4 Å². The molecule has 0 amide bonds. The lowest BCUT2D eigenvalue weighted by molar-refractivity contribution is -0.192. The van der Waals surface area contributed by atoms with E-state index in [9.17, 15) is 13.2 Å². The highest BCUT2D eigenvalue weighted by Gasteiger charge is 2.42. The number of alkyl halides is 3. The van der Waals surface area contributed by atoms with E-state index in [0.717, 1.165) is 44.1 Å². The molecule has 0 aliphatic carbocycles. The first-order valence-electron chi connectivity index (χ1n) is 9.00. The normalized spacial score (nSPS) is 24.7. The van der Waals surface area contributed by atoms with Crippen molar-refractivity contribution in [3.05, 3.63) is 27.8 Å². The van der Waals surface area contributed by atoms with E-state index in [1.54, 1.807) is 11.3 Å². The van der Waals surface area contributed by atoms with E-state index in [0.29, 0.717) is 11.9 Å². The molecule has 2 fully saturated rings. The van der Waals surface area contributed by atoms with E-state index >= 15 is 0 Å². The van der Waals surface area contributed by atoms with Gasteiger partial charge in [-0.15, -0.1) is 11.3 Å². The predicted molar refractivity (Wildman–Crippen MR) is 95.5 cm³/mol. The molecule has 0 radical (unpaired) electrons. The lowest BCUT2D eigenvalue weighted by Gasteiger charge is -2.39. The molecule has 4 rings (SSSR count). The fourth-order valence-corrected chi connectivity index (χ4v) is 4.36. The molecule has 2 saturated heterocycles. The number of piperidine rings is 1. The number of thiazole rings is 1. The molecule has 1 N–H and O–H groups in total. The Morgan fingerprint density at radius 2 is 2.14 bits per heavy atom. The highest BCUT2D eigenvalue weighted by Crippen LogP contribution is 2.37. The van der Waals surface area contributed by atoms with Crippen molar-refractivity contribution in [3.63, 3.8) is 0 Å². The highest BCUT2D eigenvalue weighted by molar-refractivity contribution is 7.09. The monoisotopic (exact) mass is 434 g/mol. The first-order chi connectivity index (χ1) is 13.6. The number of hydrogen-bond acceptors (Lipinski definition) is 8. The van der Waals surface area contributed by atoms with Crippen molar-refractivity contribution in [1.29, 1.82) is 0 Å². The van der Waals surface area contributed by atoms with Gasteiger partial charge in [0.15, 0.2) is 5.82 Å². The Morgan fingerprint density at radius 1 is 1.41 bits per heavy atom. The number of likely N-dealkylation sites (tertiary alicyclic amines) is 1. The summed E-state index contributed by atoms with van der Waals surface area (Å²) < 4.78 is 43.1. The van der Waals surface area contributed by atoms with Crippen LogP contribution >= 0.6 is 11.3 Å². The van der Waals surface area contributed by atoms with Crippen LogP contribution in [0.4, 0.5) is 13.2 Å². The van der Waals surface area contributed by atoms with E-state index in [4.69, 9.17) is 19.2 Å². The Morgan fingerprint density at radius 3 is 2.69 bits per heavy atom. The SMILES string of the molecule is Cc1noc([C@@H]2C[C@H]3OCC[C@H]3N(Cc3scnc3C)C2)n1.O=C(O)C(F)(F)F. The molecule has 0 aromatic carbocycles. The Kier molecular flexibility index (Phi) is 6.54. The van der Waals surface area contributed by atoms with Gasteiger partial charge in [0, 0.05) is 30.6 Å². The number of aliphatic carboxylic acids is 1. The third kappa shape index (κ3) is 5.31. The van der Waals surface area contributed by atoms with Gasteiger partial charge in [0.2, 0.25) is 5.89 Å². The molecule has 0 bridgehead atoms. The van der Waals surface area contributed by atoms with Crippen LogP contribution in [0, 0.1) is 13.8 Å². The number of nitrogens with zero attached hydrogens (tertiary/aromatic N) is 4.